The molecule has 0 aromatic heterocycles. The molecule has 1 fully saturated rings. The zero-order valence-corrected chi connectivity index (χ0v) is 5.75. The summed E-state index contributed by atoms with van der Waals surface area (Å²) in [6, 6.07) is 1.87. The Labute approximate surface area is 59.9 Å². The fraction of sp³-hybridized carbons (Fsp3) is 0.857. The maximum Gasteiger partial charge on any atom is 0.103 e. The van der Waals surface area contributed by atoms with Crippen molar-refractivity contribution in [1.29, 1.82) is 5.26 Å². The lowest BCUT2D eigenvalue weighted by Gasteiger charge is -2.22. The molecule has 0 heterocycles. The van der Waals surface area contributed by atoms with Crippen molar-refractivity contribution in [3.63, 3.8) is 0 Å². The molecule has 1 saturated carbocycles. The van der Waals surface area contributed by atoms with Crippen LogP contribution in [-0.2, 0) is 0 Å². The van der Waals surface area contributed by atoms with Crippen molar-refractivity contribution in [3.05, 3.63) is 0 Å². The number of hydrogen-bond donors (Lipinski definition) is 2. The van der Waals surface area contributed by atoms with Crippen LogP contribution in [0.1, 0.15) is 25.7 Å². The lowest BCUT2D eigenvalue weighted by molar-refractivity contribution is -0.0490. The van der Waals surface area contributed by atoms with E-state index < -0.39 is 11.7 Å². The Morgan fingerprint density at radius 3 is 2.80 bits per heavy atom. The van der Waals surface area contributed by atoms with E-state index in [-0.39, 0.29) is 6.42 Å². The lowest BCUT2D eigenvalue weighted by atomic mass is 9.97. The Bertz CT molecular complexity index is 163. The van der Waals surface area contributed by atoms with Crippen LogP contribution < -0.4 is 0 Å². The van der Waals surface area contributed by atoms with Crippen LogP contribution in [0, 0.1) is 11.3 Å². The number of aliphatic hydroxyl groups excluding tert-OH is 1. The summed E-state index contributed by atoms with van der Waals surface area (Å²) in [6.07, 6.45) is 1.36. The predicted octanol–water partition coefficient (Wildman–Crippen LogP) is 0.176. The smallest absolute Gasteiger partial charge is 0.103 e. The van der Waals surface area contributed by atoms with Gasteiger partial charge in [-0.05, 0) is 19.3 Å². The van der Waals surface area contributed by atoms with Gasteiger partial charge in [-0.2, -0.15) is 5.26 Å². The van der Waals surface area contributed by atoms with Gasteiger partial charge < -0.3 is 10.2 Å². The zero-order valence-electron chi connectivity index (χ0n) is 5.75. The Morgan fingerprint density at radius 2 is 2.40 bits per heavy atom. The van der Waals surface area contributed by atoms with E-state index in [1.807, 2.05) is 6.07 Å². The van der Waals surface area contributed by atoms with Crippen LogP contribution in [0.3, 0.4) is 0 Å². The van der Waals surface area contributed by atoms with Crippen molar-refractivity contribution < 1.29 is 10.2 Å². The monoisotopic (exact) mass is 141 g/mol. The van der Waals surface area contributed by atoms with E-state index in [2.05, 4.69) is 0 Å². The highest BCUT2D eigenvalue weighted by Gasteiger charge is 2.39. The Kier molecular flexibility index (Phi) is 1.93. The van der Waals surface area contributed by atoms with E-state index in [0.29, 0.717) is 12.8 Å². The summed E-state index contributed by atoms with van der Waals surface area (Å²) >= 11 is 0. The first-order valence-electron chi connectivity index (χ1n) is 3.46. The molecule has 0 unspecified atom stereocenters. The number of aliphatic hydroxyl groups is 2. The van der Waals surface area contributed by atoms with E-state index in [9.17, 15) is 10.2 Å². The van der Waals surface area contributed by atoms with Crippen molar-refractivity contribution in [1.82, 2.24) is 0 Å². The van der Waals surface area contributed by atoms with Gasteiger partial charge in [-0.3, -0.25) is 0 Å². The Balaban J connectivity index is 2.58. The summed E-state index contributed by atoms with van der Waals surface area (Å²) in [4.78, 5) is 0. The Morgan fingerprint density at radius 1 is 1.70 bits per heavy atom. The molecule has 0 bridgehead atoms. The van der Waals surface area contributed by atoms with Crippen LogP contribution in [0.15, 0.2) is 0 Å². The second kappa shape index (κ2) is 2.57. The third-order valence-corrected chi connectivity index (χ3v) is 2.09. The summed E-state index contributed by atoms with van der Waals surface area (Å²) in [5.41, 5.74) is -1.10. The molecule has 3 heteroatoms. The van der Waals surface area contributed by atoms with Gasteiger partial charge in [0.25, 0.3) is 0 Å². The largest absolute Gasteiger partial charge is 0.390 e. The molecule has 0 amide bonds. The van der Waals surface area contributed by atoms with E-state index >= 15 is 0 Å². The molecule has 1 rings (SSSR count). The molecule has 0 spiro atoms. The Hall–Kier alpha value is -0.590. The minimum absolute atomic E-state index is 0.0498. The normalized spacial score (nSPS) is 39.5. The first kappa shape index (κ1) is 7.52. The van der Waals surface area contributed by atoms with Crippen LogP contribution >= 0.6 is 0 Å². The SMILES string of the molecule is N#CC[C@]1(O)CCC[C@H]1O. The molecule has 0 aromatic carbocycles. The van der Waals surface area contributed by atoms with Crippen LogP contribution in [0.2, 0.25) is 0 Å². The standard InChI is InChI=1S/C7H11NO2/c8-5-4-7(10)3-1-2-6(7)9/h6,9-10H,1-4H2/t6-,7-/m1/s1. The molecule has 0 radical (unpaired) electrons. The van der Waals surface area contributed by atoms with Crippen molar-refractivity contribution in [2.45, 2.75) is 37.4 Å². The van der Waals surface area contributed by atoms with Crippen LogP contribution in [-0.4, -0.2) is 21.9 Å². The fourth-order valence-electron chi connectivity index (χ4n) is 1.38. The predicted molar refractivity (Wildman–Crippen MR) is 35.0 cm³/mol. The van der Waals surface area contributed by atoms with Gasteiger partial charge in [0, 0.05) is 0 Å². The van der Waals surface area contributed by atoms with Gasteiger partial charge in [-0.1, -0.05) is 0 Å². The molecule has 0 aliphatic heterocycles. The minimum Gasteiger partial charge on any atom is -0.390 e. The number of nitrogens with zero attached hydrogens (tertiary/aromatic N) is 1. The van der Waals surface area contributed by atoms with Crippen molar-refractivity contribution in [3.8, 4) is 6.07 Å². The highest BCUT2D eigenvalue weighted by atomic mass is 16.3. The quantitative estimate of drug-likeness (QED) is 0.547. The van der Waals surface area contributed by atoms with Crippen molar-refractivity contribution in [2.75, 3.05) is 0 Å². The molecule has 1 aliphatic rings. The van der Waals surface area contributed by atoms with Gasteiger partial charge in [0.15, 0.2) is 0 Å². The average molecular weight is 141 g/mol. The highest BCUT2D eigenvalue weighted by Crippen LogP contribution is 2.32. The van der Waals surface area contributed by atoms with Crippen molar-refractivity contribution in [2.24, 2.45) is 0 Å². The third kappa shape index (κ3) is 1.13. The van der Waals surface area contributed by atoms with Gasteiger partial charge in [-0.15, -0.1) is 0 Å². The average Bonchev–Trinajstić information content (AvgIpc) is 2.15. The zero-order chi connectivity index (χ0) is 7.61. The van der Waals surface area contributed by atoms with Crippen molar-refractivity contribution >= 4 is 0 Å². The van der Waals surface area contributed by atoms with E-state index in [1.54, 1.807) is 0 Å². The van der Waals surface area contributed by atoms with Crippen LogP contribution in [0.4, 0.5) is 0 Å². The van der Waals surface area contributed by atoms with Gasteiger partial charge in [0.2, 0.25) is 0 Å². The van der Waals surface area contributed by atoms with Crippen LogP contribution in [0.25, 0.3) is 0 Å². The molecule has 10 heavy (non-hydrogen) atoms. The van der Waals surface area contributed by atoms with Gasteiger partial charge in [-0.25, -0.2) is 0 Å². The summed E-state index contributed by atoms with van der Waals surface area (Å²) in [6.45, 7) is 0. The fourth-order valence-corrected chi connectivity index (χ4v) is 1.38. The highest BCUT2D eigenvalue weighted by molar-refractivity contribution is 4.98. The molecular formula is C7H11NO2. The second-order valence-electron chi connectivity index (χ2n) is 2.85. The molecule has 2 atom stereocenters. The minimum atomic E-state index is -1.10. The van der Waals surface area contributed by atoms with E-state index in [0.717, 1.165) is 6.42 Å². The maximum absolute atomic E-state index is 9.49. The number of hydrogen-bond acceptors (Lipinski definition) is 3. The van der Waals surface area contributed by atoms with E-state index in [4.69, 9.17) is 5.26 Å². The van der Waals surface area contributed by atoms with Gasteiger partial charge in [0.1, 0.15) is 5.60 Å². The van der Waals surface area contributed by atoms with Gasteiger partial charge in [0.05, 0.1) is 18.6 Å². The molecule has 0 aromatic rings. The summed E-state index contributed by atoms with van der Waals surface area (Å²) in [5.74, 6) is 0. The lowest BCUT2D eigenvalue weighted by Crippen LogP contribution is -2.36. The first-order chi connectivity index (χ1) is 4.69. The van der Waals surface area contributed by atoms with Crippen LogP contribution in [0.5, 0.6) is 0 Å². The summed E-state index contributed by atoms with van der Waals surface area (Å²) < 4.78 is 0. The summed E-state index contributed by atoms with van der Waals surface area (Å²) in [7, 11) is 0. The molecule has 3 nitrogen and oxygen atoms in total. The number of nitriles is 1. The maximum atomic E-state index is 9.49. The molecule has 2 N–H and O–H groups in total. The molecular weight excluding hydrogens is 130 g/mol. The molecule has 0 saturated heterocycles. The topological polar surface area (TPSA) is 64.2 Å². The number of rotatable bonds is 1. The first-order valence-corrected chi connectivity index (χ1v) is 3.46. The van der Waals surface area contributed by atoms with E-state index in [1.165, 1.54) is 0 Å². The summed E-state index contributed by atoms with van der Waals surface area (Å²) in [5, 5.41) is 27.0. The molecule has 56 valence electrons. The second-order valence-corrected chi connectivity index (χ2v) is 2.85. The molecule has 1 aliphatic carbocycles. The third-order valence-electron chi connectivity index (χ3n) is 2.09. The van der Waals surface area contributed by atoms with Gasteiger partial charge >= 0.3 is 0 Å².